The van der Waals surface area contributed by atoms with Crippen molar-refractivity contribution in [3.8, 4) is 0 Å². The van der Waals surface area contributed by atoms with Gasteiger partial charge in [0.1, 0.15) is 10.7 Å². The van der Waals surface area contributed by atoms with E-state index >= 15 is 0 Å². The van der Waals surface area contributed by atoms with Crippen LogP contribution in [0, 0.1) is 13.8 Å². The van der Waals surface area contributed by atoms with Crippen molar-refractivity contribution in [3.05, 3.63) is 62.5 Å². The lowest BCUT2D eigenvalue weighted by Gasteiger charge is -2.18. The summed E-state index contributed by atoms with van der Waals surface area (Å²) >= 11 is 3.00. The van der Waals surface area contributed by atoms with Crippen LogP contribution in [0.25, 0.3) is 10.2 Å². The number of aromatic amines is 1. The van der Waals surface area contributed by atoms with E-state index in [1.54, 1.807) is 0 Å². The molecule has 0 saturated heterocycles. The third-order valence-corrected chi connectivity index (χ3v) is 6.72. The first-order chi connectivity index (χ1) is 13.5. The molecule has 0 aliphatic heterocycles. The molecule has 0 fully saturated rings. The highest BCUT2D eigenvalue weighted by Gasteiger charge is 2.15. The number of hydrogen-bond acceptors (Lipinski definition) is 5. The minimum atomic E-state index is -0.0982. The number of fused-ring (bicyclic) bond motifs is 1. The van der Waals surface area contributed by atoms with E-state index in [-0.39, 0.29) is 17.5 Å². The van der Waals surface area contributed by atoms with Gasteiger partial charge in [0.25, 0.3) is 5.56 Å². The molecule has 0 unspecified atom stereocenters. The third kappa shape index (κ3) is 4.83. The summed E-state index contributed by atoms with van der Waals surface area (Å²) in [7, 11) is 0. The number of thiophene rings is 1. The molecule has 1 atom stereocenters. The first-order valence-electron chi connectivity index (χ1n) is 9.40. The van der Waals surface area contributed by atoms with Gasteiger partial charge in [0.2, 0.25) is 5.91 Å². The molecule has 28 heavy (non-hydrogen) atoms. The molecular formula is C21H25N3O2S2. The molecule has 2 N–H and O–H groups in total. The quantitative estimate of drug-likeness (QED) is 0.568. The van der Waals surface area contributed by atoms with E-state index in [0.29, 0.717) is 22.7 Å². The standard InChI is InChI=1S/C21H25N3O2S2/c1-4-8-16(15-9-6-5-7-10-15)22-18(25)12-27-11-17-23-20(26)19-13(2)14(3)28-21(19)24-17/h5-7,9-10,16H,4,8,11-12H2,1-3H3,(H,22,25)(H,23,24,26)/t16-/m0/s1. The van der Waals surface area contributed by atoms with Crippen LogP contribution >= 0.6 is 23.1 Å². The Morgan fingerprint density at radius 2 is 2.04 bits per heavy atom. The van der Waals surface area contributed by atoms with Gasteiger partial charge in [-0.25, -0.2) is 4.98 Å². The molecule has 0 aliphatic carbocycles. The zero-order chi connectivity index (χ0) is 20.1. The maximum atomic E-state index is 12.4. The van der Waals surface area contributed by atoms with Gasteiger partial charge in [0.15, 0.2) is 0 Å². The summed E-state index contributed by atoms with van der Waals surface area (Å²) in [5.41, 5.74) is 2.02. The highest BCUT2D eigenvalue weighted by molar-refractivity contribution is 7.99. The first kappa shape index (κ1) is 20.6. The number of thioether (sulfide) groups is 1. The fourth-order valence-electron chi connectivity index (χ4n) is 3.14. The molecule has 3 rings (SSSR count). The predicted octanol–water partition coefficient (Wildman–Crippen LogP) is 4.49. The van der Waals surface area contributed by atoms with E-state index in [1.807, 2.05) is 44.2 Å². The van der Waals surface area contributed by atoms with Crippen molar-refractivity contribution in [3.63, 3.8) is 0 Å². The number of nitrogens with one attached hydrogen (secondary N) is 2. The van der Waals surface area contributed by atoms with Crippen LogP contribution in [0.5, 0.6) is 0 Å². The Labute approximate surface area is 173 Å². The molecule has 7 heteroatoms. The number of carbonyl (C=O) groups excluding carboxylic acids is 1. The minimum absolute atomic E-state index is 0.00135. The molecule has 0 bridgehead atoms. The number of benzene rings is 1. The van der Waals surface area contributed by atoms with Gasteiger partial charge in [-0.15, -0.1) is 23.1 Å². The zero-order valence-corrected chi connectivity index (χ0v) is 18.0. The normalized spacial score (nSPS) is 12.2. The average molecular weight is 416 g/mol. The molecule has 2 heterocycles. The molecule has 0 spiro atoms. The largest absolute Gasteiger partial charge is 0.349 e. The average Bonchev–Trinajstić information content (AvgIpc) is 2.96. The molecule has 0 aliphatic rings. The van der Waals surface area contributed by atoms with Crippen LogP contribution in [0.3, 0.4) is 0 Å². The number of carbonyl (C=O) groups is 1. The molecule has 2 aromatic heterocycles. The van der Waals surface area contributed by atoms with Crippen LogP contribution < -0.4 is 10.9 Å². The molecule has 0 radical (unpaired) electrons. The second-order valence-electron chi connectivity index (χ2n) is 6.79. The molecule has 1 amide bonds. The molecule has 148 valence electrons. The molecular weight excluding hydrogens is 390 g/mol. The van der Waals surface area contributed by atoms with E-state index in [2.05, 4.69) is 22.2 Å². The molecule has 5 nitrogen and oxygen atoms in total. The first-order valence-corrected chi connectivity index (χ1v) is 11.4. The lowest BCUT2D eigenvalue weighted by Crippen LogP contribution is -2.30. The Morgan fingerprint density at radius 1 is 1.29 bits per heavy atom. The lowest BCUT2D eigenvalue weighted by molar-refractivity contribution is -0.119. The summed E-state index contributed by atoms with van der Waals surface area (Å²) in [6.45, 7) is 6.06. The number of nitrogens with zero attached hydrogens (tertiary/aromatic N) is 1. The SMILES string of the molecule is CCC[C@H](NC(=O)CSCc1nc2sc(C)c(C)c2c(=O)[nH]1)c1ccccc1. The van der Waals surface area contributed by atoms with Crippen LogP contribution in [-0.2, 0) is 10.5 Å². The topological polar surface area (TPSA) is 74.8 Å². The Hall–Kier alpha value is -2.12. The summed E-state index contributed by atoms with van der Waals surface area (Å²) in [5, 5.41) is 3.80. The number of H-pyrrole nitrogens is 1. The zero-order valence-electron chi connectivity index (χ0n) is 16.4. The number of amides is 1. The number of hydrogen-bond donors (Lipinski definition) is 2. The summed E-state index contributed by atoms with van der Waals surface area (Å²) in [4.78, 5) is 34.0. The van der Waals surface area contributed by atoms with Gasteiger partial charge in [-0.1, -0.05) is 43.7 Å². The number of aryl methyl sites for hydroxylation is 2. The van der Waals surface area contributed by atoms with Crippen molar-refractivity contribution in [2.24, 2.45) is 0 Å². The smallest absolute Gasteiger partial charge is 0.259 e. The van der Waals surface area contributed by atoms with Gasteiger partial charge in [0, 0.05) is 4.88 Å². The van der Waals surface area contributed by atoms with Gasteiger partial charge in [-0.3, -0.25) is 9.59 Å². The summed E-state index contributed by atoms with van der Waals surface area (Å²) < 4.78 is 0. The summed E-state index contributed by atoms with van der Waals surface area (Å²) in [6.07, 6.45) is 1.90. The maximum Gasteiger partial charge on any atom is 0.259 e. The summed E-state index contributed by atoms with van der Waals surface area (Å²) in [5.74, 6) is 1.44. The van der Waals surface area contributed by atoms with E-state index in [9.17, 15) is 9.59 Å². The minimum Gasteiger partial charge on any atom is -0.349 e. The van der Waals surface area contributed by atoms with Gasteiger partial charge in [0.05, 0.1) is 22.9 Å². The van der Waals surface area contributed by atoms with Crippen molar-refractivity contribution in [1.29, 1.82) is 0 Å². The van der Waals surface area contributed by atoms with E-state index in [0.717, 1.165) is 33.7 Å². The van der Waals surface area contributed by atoms with E-state index in [1.165, 1.54) is 23.1 Å². The van der Waals surface area contributed by atoms with Crippen LogP contribution in [0.2, 0.25) is 0 Å². The predicted molar refractivity (Wildman–Crippen MR) is 118 cm³/mol. The van der Waals surface area contributed by atoms with Crippen molar-refractivity contribution in [2.45, 2.75) is 45.4 Å². The molecule has 3 aromatic rings. The molecule has 0 saturated carbocycles. The van der Waals surface area contributed by atoms with Crippen molar-refractivity contribution < 1.29 is 4.79 Å². The van der Waals surface area contributed by atoms with Crippen LogP contribution in [-0.4, -0.2) is 21.6 Å². The fraction of sp³-hybridized carbons (Fsp3) is 0.381. The monoisotopic (exact) mass is 415 g/mol. The van der Waals surface area contributed by atoms with Crippen LogP contribution in [0.15, 0.2) is 35.1 Å². The number of aromatic nitrogens is 2. The highest BCUT2D eigenvalue weighted by atomic mass is 32.2. The van der Waals surface area contributed by atoms with Crippen molar-refractivity contribution in [2.75, 3.05) is 5.75 Å². The van der Waals surface area contributed by atoms with Crippen LogP contribution in [0.4, 0.5) is 0 Å². The third-order valence-electron chi connectivity index (χ3n) is 4.67. The van der Waals surface area contributed by atoms with Crippen molar-refractivity contribution >= 4 is 39.2 Å². The lowest BCUT2D eigenvalue weighted by atomic mass is 10.0. The second-order valence-corrected chi connectivity index (χ2v) is 8.98. The second kappa shape index (κ2) is 9.39. The maximum absolute atomic E-state index is 12.4. The Balaban J connectivity index is 1.59. The Bertz CT molecular complexity index is 1010. The van der Waals surface area contributed by atoms with E-state index in [4.69, 9.17) is 0 Å². The Morgan fingerprint density at radius 3 is 2.75 bits per heavy atom. The molecule has 1 aromatic carbocycles. The van der Waals surface area contributed by atoms with Crippen molar-refractivity contribution in [1.82, 2.24) is 15.3 Å². The van der Waals surface area contributed by atoms with Gasteiger partial charge in [-0.05, 0) is 31.4 Å². The van der Waals surface area contributed by atoms with Gasteiger partial charge >= 0.3 is 0 Å². The van der Waals surface area contributed by atoms with Gasteiger partial charge in [-0.2, -0.15) is 0 Å². The van der Waals surface area contributed by atoms with E-state index < -0.39 is 0 Å². The summed E-state index contributed by atoms with van der Waals surface area (Å²) in [6, 6.07) is 10.1. The highest BCUT2D eigenvalue weighted by Crippen LogP contribution is 2.26. The van der Waals surface area contributed by atoms with Gasteiger partial charge < -0.3 is 10.3 Å². The Kier molecular flexibility index (Phi) is 6.91. The number of rotatable bonds is 8. The fourth-order valence-corrected chi connectivity index (χ4v) is 4.89. The van der Waals surface area contributed by atoms with Crippen LogP contribution in [0.1, 0.15) is 47.6 Å².